The molecule has 0 radical (unpaired) electrons. The maximum Gasteiger partial charge on any atom is 0.0331 e. The number of nitrogens with two attached hydrogens (primary N) is 1. The van der Waals surface area contributed by atoms with Crippen LogP contribution in [0.5, 0.6) is 0 Å². The minimum absolute atomic E-state index is 0.590. The topological polar surface area (TPSA) is 26.0 Å². The average Bonchev–Trinajstić information content (AvgIpc) is 2.22. The van der Waals surface area contributed by atoms with Gasteiger partial charge >= 0.3 is 0 Å². The van der Waals surface area contributed by atoms with Crippen molar-refractivity contribution in [3.63, 3.8) is 0 Å². The monoisotopic (exact) mass is 245 g/mol. The van der Waals surface area contributed by atoms with Gasteiger partial charge in [-0.25, -0.2) is 0 Å². The van der Waals surface area contributed by atoms with Gasteiger partial charge in [-0.2, -0.15) is 0 Å². The van der Waals surface area contributed by atoms with Gasteiger partial charge in [-0.3, -0.25) is 0 Å². The van der Waals surface area contributed by atoms with Gasteiger partial charge in [0.25, 0.3) is 0 Å². The van der Waals surface area contributed by atoms with Crippen molar-refractivity contribution < 1.29 is 0 Å². The molecule has 3 heteroatoms. The highest BCUT2D eigenvalue weighted by atomic mass is 33.1. The summed E-state index contributed by atoms with van der Waals surface area (Å²) in [5.41, 5.74) is 5.27. The van der Waals surface area contributed by atoms with Gasteiger partial charge < -0.3 is 5.73 Å². The predicted octanol–water partition coefficient (Wildman–Crippen LogP) is 4.22. The first-order valence-electron chi connectivity index (χ1n) is 5.49. The highest BCUT2D eigenvalue weighted by Gasteiger charge is 2.10. The second-order valence-electron chi connectivity index (χ2n) is 3.86. The fourth-order valence-corrected chi connectivity index (χ4v) is 3.81. The van der Waals surface area contributed by atoms with Crippen molar-refractivity contribution in [1.29, 1.82) is 0 Å². The molecule has 0 aliphatic carbocycles. The SMILES string of the molecule is CCC(/C=C\C=C/N)SSC(C)C(C)C. The van der Waals surface area contributed by atoms with Crippen LogP contribution in [0.25, 0.3) is 0 Å². The van der Waals surface area contributed by atoms with E-state index in [0.29, 0.717) is 10.5 Å². The van der Waals surface area contributed by atoms with Crippen molar-refractivity contribution in [1.82, 2.24) is 0 Å². The molecule has 0 aromatic carbocycles. The van der Waals surface area contributed by atoms with Gasteiger partial charge in [0.15, 0.2) is 0 Å². The van der Waals surface area contributed by atoms with Crippen LogP contribution < -0.4 is 5.73 Å². The van der Waals surface area contributed by atoms with E-state index in [9.17, 15) is 0 Å². The third-order valence-corrected chi connectivity index (χ3v) is 5.90. The third kappa shape index (κ3) is 7.86. The molecule has 0 saturated carbocycles. The van der Waals surface area contributed by atoms with Gasteiger partial charge in [0.05, 0.1) is 0 Å². The van der Waals surface area contributed by atoms with Crippen LogP contribution in [-0.2, 0) is 0 Å². The molecule has 1 nitrogen and oxygen atoms in total. The van der Waals surface area contributed by atoms with E-state index < -0.39 is 0 Å². The highest BCUT2D eigenvalue weighted by molar-refractivity contribution is 8.77. The van der Waals surface area contributed by atoms with E-state index in [1.807, 2.05) is 33.7 Å². The average molecular weight is 245 g/mol. The van der Waals surface area contributed by atoms with Crippen LogP contribution in [0.2, 0.25) is 0 Å². The molecule has 0 fully saturated rings. The van der Waals surface area contributed by atoms with Gasteiger partial charge in [-0.15, -0.1) is 0 Å². The number of rotatable bonds is 7. The van der Waals surface area contributed by atoms with Crippen LogP contribution in [0, 0.1) is 5.92 Å². The number of hydrogen-bond donors (Lipinski definition) is 1. The first-order chi connectivity index (χ1) is 7.11. The minimum atomic E-state index is 0.590. The van der Waals surface area contributed by atoms with Gasteiger partial charge in [-0.1, -0.05) is 61.4 Å². The summed E-state index contributed by atoms with van der Waals surface area (Å²) < 4.78 is 0. The lowest BCUT2D eigenvalue weighted by Gasteiger charge is -2.16. The van der Waals surface area contributed by atoms with Crippen LogP contribution in [0.4, 0.5) is 0 Å². The summed E-state index contributed by atoms with van der Waals surface area (Å²) >= 11 is 0. The van der Waals surface area contributed by atoms with E-state index in [1.165, 1.54) is 0 Å². The smallest absolute Gasteiger partial charge is 0.0331 e. The highest BCUT2D eigenvalue weighted by Crippen LogP contribution is 2.35. The molecule has 0 bridgehead atoms. The Morgan fingerprint density at radius 1 is 1.13 bits per heavy atom. The molecule has 0 saturated heterocycles. The molecule has 88 valence electrons. The lowest BCUT2D eigenvalue weighted by Crippen LogP contribution is -2.05. The maximum absolute atomic E-state index is 5.27. The first kappa shape index (κ1) is 15.0. The van der Waals surface area contributed by atoms with E-state index in [4.69, 9.17) is 5.73 Å². The van der Waals surface area contributed by atoms with E-state index in [-0.39, 0.29) is 0 Å². The molecule has 2 unspecified atom stereocenters. The Hall–Kier alpha value is -0.0200. The van der Waals surface area contributed by atoms with Crippen molar-refractivity contribution in [3.8, 4) is 0 Å². The standard InChI is InChI=1S/C12H23NS2/c1-5-12(8-6-7-9-13)15-14-11(4)10(2)3/h6-12H,5,13H2,1-4H3/b8-6-,9-7-. The fourth-order valence-electron chi connectivity index (χ4n) is 0.759. The number of hydrogen-bond acceptors (Lipinski definition) is 3. The van der Waals surface area contributed by atoms with Crippen LogP contribution >= 0.6 is 21.6 Å². The van der Waals surface area contributed by atoms with Crippen molar-refractivity contribution in [3.05, 3.63) is 24.4 Å². The molecule has 15 heavy (non-hydrogen) atoms. The normalized spacial score (nSPS) is 16.6. The Labute approximate surface area is 102 Å². The molecule has 2 atom stereocenters. The van der Waals surface area contributed by atoms with Crippen molar-refractivity contribution >= 4 is 21.6 Å². The molecule has 0 amide bonds. The third-order valence-electron chi connectivity index (χ3n) is 2.22. The molecular weight excluding hydrogens is 222 g/mol. The molecule has 0 aliphatic heterocycles. The second kappa shape index (κ2) is 9.22. The summed E-state index contributed by atoms with van der Waals surface area (Å²) in [5, 5.41) is 1.30. The zero-order chi connectivity index (χ0) is 11.7. The predicted molar refractivity (Wildman–Crippen MR) is 76.0 cm³/mol. The van der Waals surface area contributed by atoms with Crippen molar-refractivity contribution in [2.24, 2.45) is 11.7 Å². The molecule has 0 spiro atoms. The minimum Gasteiger partial charge on any atom is -0.405 e. The Bertz CT molecular complexity index is 200. The first-order valence-corrected chi connectivity index (χ1v) is 7.76. The Balaban J connectivity index is 3.89. The molecule has 0 heterocycles. The van der Waals surface area contributed by atoms with Crippen molar-refractivity contribution in [2.75, 3.05) is 0 Å². The summed E-state index contributed by atoms with van der Waals surface area (Å²) in [7, 11) is 3.95. The molecule has 0 aromatic rings. The van der Waals surface area contributed by atoms with Crippen LogP contribution in [0.1, 0.15) is 34.1 Å². The molecule has 2 N–H and O–H groups in total. The number of allylic oxidation sites excluding steroid dienone is 2. The second-order valence-corrected chi connectivity index (χ2v) is 6.75. The van der Waals surface area contributed by atoms with Crippen LogP contribution in [-0.4, -0.2) is 10.5 Å². The van der Waals surface area contributed by atoms with Crippen LogP contribution in [0.15, 0.2) is 24.4 Å². The Kier molecular flexibility index (Phi) is 9.21. The largest absolute Gasteiger partial charge is 0.405 e. The molecular formula is C12H23NS2. The quantitative estimate of drug-likeness (QED) is 0.537. The van der Waals surface area contributed by atoms with Gasteiger partial charge in [0.2, 0.25) is 0 Å². The Morgan fingerprint density at radius 3 is 2.27 bits per heavy atom. The molecule has 0 aliphatic rings. The van der Waals surface area contributed by atoms with E-state index in [1.54, 1.807) is 6.20 Å². The lowest BCUT2D eigenvalue weighted by molar-refractivity contribution is 0.645. The molecule has 0 aromatic heterocycles. The summed E-state index contributed by atoms with van der Waals surface area (Å²) in [5.74, 6) is 0.743. The summed E-state index contributed by atoms with van der Waals surface area (Å²) in [6.07, 6.45) is 8.85. The zero-order valence-electron chi connectivity index (χ0n) is 10.1. The van der Waals surface area contributed by atoms with E-state index in [0.717, 1.165) is 12.3 Å². The van der Waals surface area contributed by atoms with E-state index >= 15 is 0 Å². The Morgan fingerprint density at radius 2 is 1.80 bits per heavy atom. The molecule has 0 rings (SSSR count). The summed E-state index contributed by atoms with van der Waals surface area (Å²) in [6.45, 7) is 9.05. The maximum atomic E-state index is 5.27. The van der Waals surface area contributed by atoms with Gasteiger partial charge in [-0.05, 0) is 24.6 Å². The summed E-state index contributed by atoms with van der Waals surface area (Å²) in [6, 6.07) is 0. The van der Waals surface area contributed by atoms with Crippen molar-refractivity contribution in [2.45, 2.75) is 44.6 Å². The van der Waals surface area contributed by atoms with Gasteiger partial charge in [0, 0.05) is 10.5 Å². The van der Waals surface area contributed by atoms with Crippen LogP contribution in [0.3, 0.4) is 0 Å². The van der Waals surface area contributed by atoms with E-state index in [2.05, 4.69) is 33.8 Å². The zero-order valence-corrected chi connectivity index (χ0v) is 11.8. The fraction of sp³-hybridized carbons (Fsp3) is 0.667. The lowest BCUT2D eigenvalue weighted by atomic mass is 10.2. The van der Waals surface area contributed by atoms with Gasteiger partial charge in [0.1, 0.15) is 0 Å². The summed E-state index contributed by atoms with van der Waals surface area (Å²) in [4.78, 5) is 0.